The number of halogens is 2. The lowest BCUT2D eigenvalue weighted by atomic mass is 10.1. The third kappa shape index (κ3) is 1.84. The standard InChI is InChI=1S/C9H9ClFN/c10-9-4-2-1-3-8(9)7(5-11)6-12/h1-5H,6,12H2. The molecule has 0 saturated heterocycles. The monoisotopic (exact) mass is 185 g/mol. The molecule has 0 saturated carbocycles. The summed E-state index contributed by atoms with van der Waals surface area (Å²) in [6.45, 7) is 0.153. The third-order valence-corrected chi connectivity index (χ3v) is 1.90. The van der Waals surface area contributed by atoms with Crippen molar-refractivity contribution in [3.8, 4) is 0 Å². The number of rotatable bonds is 2. The highest BCUT2D eigenvalue weighted by molar-refractivity contribution is 6.32. The van der Waals surface area contributed by atoms with Crippen LogP contribution in [0.1, 0.15) is 5.56 Å². The zero-order chi connectivity index (χ0) is 8.97. The second kappa shape index (κ2) is 4.24. The van der Waals surface area contributed by atoms with Crippen LogP contribution in [-0.2, 0) is 0 Å². The molecule has 0 aliphatic carbocycles. The van der Waals surface area contributed by atoms with Crippen LogP contribution in [0, 0.1) is 0 Å². The fourth-order valence-corrected chi connectivity index (χ4v) is 1.19. The summed E-state index contributed by atoms with van der Waals surface area (Å²) in [6.07, 6.45) is 0.487. The molecule has 64 valence electrons. The Kier molecular flexibility index (Phi) is 3.26. The molecular weight excluding hydrogens is 177 g/mol. The second-order valence-corrected chi connectivity index (χ2v) is 2.73. The summed E-state index contributed by atoms with van der Waals surface area (Å²) < 4.78 is 12.2. The Morgan fingerprint density at radius 3 is 2.67 bits per heavy atom. The Labute approximate surface area is 75.6 Å². The Bertz CT molecular complexity index is 296. The smallest absolute Gasteiger partial charge is 0.0918 e. The molecule has 3 heteroatoms. The molecule has 0 spiro atoms. The van der Waals surface area contributed by atoms with Gasteiger partial charge in [0.05, 0.1) is 6.33 Å². The predicted molar refractivity (Wildman–Crippen MR) is 49.6 cm³/mol. The van der Waals surface area contributed by atoms with Crippen molar-refractivity contribution in [3.63, 3.8) is 0 Å². The first-order valence-corrected chi connectivity index (χ1v) is 3.91. The van der Waals surface area contributed by atoms with E-state index in [0.717, 1.165) is 0 Å². The van der Waals surface area contributed by atoms with E-state index in [-0.39, 0.29) is 6.54 Å². The highest BCUT2D eigenvalue weighted by Gasteiger charge is 2.03. The zero-order valence-corrected chi connectivity index (χ0v) is 7.18. The van der Waals surface area contributed by atoms with Gasteiger partial charge < -0.3 is 5.73 Å². The van der Waals surface area contributed by atoms with Crippen LogP contribution in [0.4, 0.5) is 4.39 Å². The van der Waals surface area contributed by atoms with Crippen LogP contribution in [0.3, 0.4) is 0 Å². The largest absolute Gasteiger partial charge is 0.326 e. The highest BCUT2D eigenvalue weighted by atomic mass is 35.5. The van der Waals surface area contributed by atoms with Gasteiger partial charge in [0.2, 0.25) is 0 Å². The number of benzene rings is 1. The van der Waals surface area contributed by atoms with E-state index >= 15 is 0 Å². The van der Waals surface area contributed by atoms with Gasteiger partial charge in [0.1, 0.15) is 0 Å². The molecule has 0 amide bonds. The van der Waals surface area contributed by atoms with Gasteiger partial charge >= 0.3 is 0 Å². The summed E-state index contributed by atoms with van der Waals surface area (Å²) in [5, 5.41) is 0.520. The predicted octanol–water partition coefficient (Wildman–Crippen LogP) is 2.61. The minimum absolute atomic E-state index is 0.153. The van der Waals surface area contributed by atoms with Crippen LogP contribution < -0.4 is 5.73 Å². The van der Waals surface area contributed by atoms with E-state index in [2.05, 4.69) is 0 Å². The molecule has 0 aromatic heterocycles. The molecule has 0 fully saturated rings. The van der Waals surface area contributed by atoms with Gasteiger partial charge in [0, 0.05) is 17.1 Å². The summed E-state index contributed by atoms with van der Waals surface area (Å²) in [6, 6.07) is 7.02. The van der Waals surface area contributed by atoms with Crippen LogP contribution in [0.15, 0.2) is 30.6 Å². The summed E-state index contributed by atoms with van der Waals surface area (Å²) in [7, 11) is 0. The fraction of sp³-hybridized carbons (Fsp3) is 0.111. The number of nitrogens with two attached hydrogens (primary N) is 1. The van der Waals surface area contributed by atoms with E-state index < -0.39 is 0 Å². The first kappa shape index (κ1) is 9.23. The number of hydrogen-bond acceptors (Lipinski definition) is 1. The average molecular weight is 186 g/mol. The van der Waals surface area contributed by atoms with Crippen molar-refractivity contribution in [1.29, 1.82) is 0 Å². The topological polar surface area (TPSA) is 26.0 Å². The molecule has 0 unspecified atom stereocenters. The first-order chi connectivity index (χ1) is 5.79. The zero-order valence-electron chi connectivity index (χ0n) is 6.43. The molecule has 0 heterocycles. The van der Waals surface area contributed by atoms with Crippen molar-refractivity contribution < 1.29 is 4.39 Å². The van der Waals surface area contributed by atoms with Crippen LogP contribution in [0.25, 0.3) is 5.57 Å². The maximum absolute atomic E-state index is 12.2. The molecule has 0 aliphatic rings. The Morgan fingerprint density at radius 2 is 2.17 bits per heavy atom. The lowest BCUT2D eigenvalue weighted by Crippen LogP contribution is -2.02. The van der Waals surface area contributed by atoms with E-state index in [4.69, 9.17) is 17.3 Å². The third-order valence-electron chi connectivity index (χ3n) is 1.57. The number of hydrogen-bond donors (Lipinski definition) is 1. The van der Waals surface area contributed by atoms with E-state index in [1.165, 1.54) is 0 Å². The molecular formula is C9H9ClFN. The molecule has 1 aromatic carbocycles. The second-order valence-electron chi connectivity index (χ2n) is 2.32. The van der Waals surface area contributed by atoms with Crippen molar-refractivity contribution in [2.75, 3.05) is 6.54 Å². The van der Waals surface area contributed by atoms with Crippen molar-refractivity contribution in [2.24, 2.45) is 5.73 Å². The van der Waals surface area contributed by atoms with E-state index in [1.54, 1.807) is 24.3 Å². The summed E-state index contributed by atoms with van der Waals surface area (Å²) in [4.78, 5) is 0. The Balaban J connectivity index is 3.10. The van der Waals surface area contributed by atoms with Gasteiger partial charge in [-0.25, -0.2) is 4.39 Å². The minimum Gasteiger partial charge on any atom is -0.326 e. The van der Waals surface area contributed by atoms with Crippen molar-refractivity contribution in [3.05, 3.63) is 41.2 Å². The molecule has 1 aromatic rings. The van der Waals surface area contributed by atoms with Gasteiger partial charge in [-0.2, -0.15) is 0 Å². The van der Waals surface area contributed by atoms with Gasteiger partial charge in [0.25, 0.3) is 0 Å². The maximum Gasteiger partial charge on any atom is 0.0918 e. The Morgan fingerprint density at radius 1 is 1.50 bits per heavy atom. The SMILES string of the molecule is NCC(=CF)c1ccccc1Cl. The van der Waals surface area contributed by atoms with Crippen molar-refractivity contribution in [1.82, 2.24) is 0 Å². The molecule has 1 rings (SSSR count). The van der Waals surface area contributed by atoms with Gasteiger partial charge in [-0.1, -0.05) is 29.8 Å². The van der Waals surface area contributed by atoms with Gasteiger partial charge in [-0.05, 0) is 11.6 Å². The van der Waals surface area contributed by atoms with E-state index in [0.29, 0.717) is 22.5 Å². The minimum atomic E-state index is 0.153. The van der Waals surface area contributed by atoms with Crippen LogP contribution in [0.2, 0.25) is 5.02 Å². The molecule has 0 radical (unpaired) electrons. The lowest BCUT2D eigenvalue weighted by molar-refractivity contribution is 0.721. The molecule has 0 atom stereocenters. The average Bonchev–Trinajstić information content (AvgIpc) is 2.10. The molecule has 0 aliphatic heterocycles. The van der Waals surface area contributed by atoms with Crippen LogP contribution in [0.5, 0.6) is 0 Å². The summed E-state index contributed by atoms with van der Waals surface area (Å²) >= 11 is 5.81. The van der Waals surface area contributed by atoms with Crippen molar-refractivity contribution >= 4 is 17.2 Å². The summed E-state index contributed by atoms with van der Waals surface area (Å²) in [5.41, 5.74) is 6.39. The van der Waals surface area contributed by atoms with E-state index in [9.17, 15) is 4.39 Å². The van der Waals surface area contributed by atoms with Crippen molar-refractivity contribution in [2.45, 2.75) is 0 Å². The van der Waals surface area contributed by atoms with Gasteiger partial charge in [-0.3, -0.25) is 0 Å². The fourth-order valence-electron chi connectivity index (χ4n) is 0.935. The molecule has 2 N–H and O–H groups in total. The summed E-state index contributed by atoms with van der Waals surface area (Å²) in [5.74, 6) is 0. The van der Waals surface area contributed by atoms with E-state index in [1.807, 2.05) is 0 Å². The van der Waals surface area contributed by atoms with Gasteiger partial charge in [0.15, 0.2) is 0 Å². The Hall–Kier alpha value is -0.860. The molecule has 12 heavy (non-hydrogen) atoms. The van der Waals surface area contributed by atoms with Gasteiger partial charge in [-0.15, -0.1) is 0 Å². The first-order valence-electron chi connectivity index (χ1n) is 3.54. The molecule has 1 nitrogen and oxygen atoms in total. The van der Waals surface area contributed by atoms with Crippen LogP contribution in [-0.4, -0.2) is 6.54 Å². The lowest BCUT2D eigenvalue weighted by Gasteiger charge is -2.03. The van der Waals surface area contributed by atoms with Crippen LogP contribution >= 0.6 is 11.6 Å². The quantitative estimate of drug-likeness (QED) is 0.753. The highest BCUT2D eigenvalue weighted by Crippen LogP contribution is 2.22. The normalized spacial score (nSPS) is 11.8. The maximum atomic E-state index is 12.2. The molecule has 0 bridgehead atoms.